The molecular weight excluding hydrogens is 318 g/mol. The fourth-order valence-corrected chi connectivity index (χ4v) is 3.87. The molecule has 0 bridgehead atoms. The number of nitrogens with zero attached hydrogens (tertiary/aromatic N) is 3. The molecule has 2 aliphatic rings. The second-order valence-electron chi connectivity index (χ2n) is 5.69. The molecule has 0 aliphatic carbocycles. The summed E-state index contributed by atoms with van der Waals surface area (Å²) < 4.78 is 16.2. The first-order valence-electron chi connectivity index (χ1n) is 7.69. The highest BCUT2D eigenvalue weighted by atomic mass is 32.1. The van der Waals surface area contributed by atoms with Crippen molar-refractivity contribution < 1.29 is 18.8 Å². The Morgan fingerprint density at radius 1 is 1.30 bits per heavy atom. The Kier molecular flexibility index (Phi) is 3.68. The summed E-state index contributed by atoms with van der Waals surface area (Å²) in [6.45, 7) is 4.18. The van der Waals surface area contributed by atoms with Crippen LogP contribution < -0.4 is 9.47 Å². The normalized spacial score (nSPS) is 18.2. The number of aromatic nitrogens is 2. The monoisotopic (exact) mass is 335 g/mol. The van der Waals surface area contributed by atoms with Gasteiger partial charge in [0.2, 0.25) is 5.89 Å². The molecule has 0 saturated carbocycles. The number of ether oxygens (including phenoxy) is 2. The molecule has 7 nitrogen and oxygen atoms in total. The van der Waals surface area contributed by atoms with Crippen LogP contribution >= 0.6 is 11.3 Å². The second kappa shape index (κ2) is 5.84. The molecule has 2 aromatic heterocycles. The lowest BCUT2D eigenvalue weighted by molar-refractivity contribution is 0.0707. The summed E-state index contributed by atoms with van der Waals surface area (Å²) in [5.41, 5.74) is 0. The summed E-state index contributed by atoms with van der Waals surface area (Å²) >= 11 is 1.39. The van der Waals surface area contributed by atoms with Gasteiger partial charge in [-0.1, -0.05) is 5.16 Å². The van der Waals surface area contributed by atoms with E-state index in [4.69, 9.17) is 14.0 Å². The molecule has 0 radical (unpaired) electrons. The SMILES string of the molecule is Cc1nc(C2CCN(C(=O)c3scc4c3OCCO4)CC2)no1. The number of carbonyl (C=O) groups is 1. The minimum atomic E-state index is 0.0180. The van der Waals surface area contributed by atoms with Crippen LogP contribution in [0.25, 0.3) is 0 Å². The summed E-state index contributed by atoms with van der Waals surface area (Å²) in [5.74, 6) is 2.89. The van der Waals surface area contributed by atoms with E-state index in [1.807, 2.05) is 10.3 Å². The van der Waals surface area contributed by atoms with Crippen molar-refractivity contribution in [3.8, 4) is 11.5 Å². The zero-order valence-electron chi connectivity index (χ0n) is 12.8. The molecule has 0 spiro atoms. The molecule has 1 saturated heterocycles. The predicted molar refractivity (Wildman–Crippen MR) is 82.2 cm³/mol. The molecule has 0 aromatic carbocycles. The molecule has 1 amide bonds. The number of amides is 1. The largest absolute Gasteiger partial charge is 0.485 e. The van der Waals surface area contributed by atoms with Crippen molar-refractivity contribution >= 4 is 17.2 Å². The third kappa shape index (κ3) is 2.67. The summed E-state index contributed by atoms with van der Waals surface area (Å²) in [4.78, 5) is 19.5. The van der Waals surface area contributed by atoms with Gasteiger partial charge in [-0.2, -0.15) is 4.98 Å². The van der Waals surface area contributed by atoms with Crippen LogP contribution in [0.1, 0.15) is 40.1 Å². The highest BCUT2D eigenvalue weighted by Crippen LogP contribution is 2.40. The number of rotatable bonds is 2. The maximum absolute atomic E-state index is 12.7. The number of hydrogen-bond acceptors (Lipinski definition) is 7. The highest BCUT2D eigenvalue weighted by molar-refractivity contribution is 7.12. The predicted octanol–water partition coefficient (Wildman–Crippen LogP) is 2.23. The summed E-state index contributed by atoms with van der Waals surface area (Å²) in [6, 6.07) is 0. The van der Waals surface area contributed by atoms with Gasteiger partial charge in [-0.3, -0.25) is 4.79 Å². The fraction of sp³-hybridized carbons (Fsp3) is 0.533. The summed E-state index contributed by atoms with van der Waals surface area (Å²) in [6.07, 6.45) is 1.69. The standard InChI is InChI=1S/C15H17N3O4S/c1-9-16-14(17-22-9)10-2-4-18(5-3-10)15(19)13-12-11(8-23-13)20-6-7-21-12/h8,10H,2-7H2,1H3. The van der Waals surface area contributed by atoms with E-state index in [1.54, 1.807) is 6.92 Å². The first kappa shape index (κ1) is 14.5. The van der Waals surface area contributed by atoms with Gasteiger partial charge < -0.3 is 18.9 Å². The Hall–Kier alpha value is -2.09. The molecular formula is C15H17N3O4S. The van der Waals surface area contributed by atoms with Crippen molar-refractivity contribution in [2.75, 3.05) is 26.3 Å². The first-order chi connectivity index (χ1) is 11.2. The molecule has 2 aliphatic heterocycles. The van der Waals surface area contributed by atoms with Crippen molar-refractivity contribution in [2.24, 2.45) is 0 Å². The minimum absolute atomic E-state index is 0.0180. The molecule has 4 heterocycles. The fourth-order valence-electron chi connectivity index (χ4n) is 2.98. The summed E-state index contributed by atoms with van der Waals surface area (Å²) in [5, 5.41) is 5.84. The maximum Gasteiger partial charge on any atom is 0.267 e. The van der Waals surface area contributed by atoms with E-state index < -0.39 is 0 Å². The Labute approximate surface area is 137 Å². The van der Waals surface area contributed by atoms with Crippen LogP contribution in [-0.2, 0) is 0 Å². The Bertz CT molecular complexity index is 718. The first-order valence-corrected chi connectivity index (χ1v) is 8.57. The van der Waals surface area contributed by atoms with E-state index in [0.717, 1.165) is 18.7 Å². The van der Waals surface area contributed by atoms with Crippen molar-refractivity contribution in [1.82, 2.24) is 15.0 Å². The van der Waals surface area contributed by atoms with Crippen LogP contribution in [0.2, 0.25) is 0 Å². The van der Waals surface area contributed by atoms with Crippen molar-refractivity contribution in [3.63, 3.8) is 0 Å². The van der Waals surface area contributed by atoms with Crippen LogP contribution in [0.3, 0.4) is 0 Å². The van der Waals surface area contributed by atoms with Crippen molar-refractivity contribution in [3.05, 3.63) is 22.0 Å². The molecule has 122 valence electrons. The Morgan fingerprint density at radius 2 is 2.09 bits per heavy atom. The molecule has 0 unspecified atom stereocenters. The van der Waals surface area contributed by atoms with Crippen molar-refractivity contribution in [2.45, 2.75) is 25.7 Å². The van der Waals surface area contributed by atoms with E-state index in [2.05, 4.69) is 10.1 Å². The van der Waals surface area contributed by atoms with E-state index in [9.17, 15) is 4.79 Å². The number of likely N-dealkylation sites (tertiary alicyclic amines) is 1. The lowest BCUT2D eigenvalue weighted by atomic mass is 9.96. The quantitative estimate of drug-likeness (QED) is 0.837. The van der Waals surface area contributed by atoms with E-state index >= 15 is 0 Å². The zero-order chi connectivity index (χ0) is 15.8. The van der Waals surface area contributed by atoms with E-state index in [-0.39, 0.29) is 11.8 Å². The maximum atomic E-state index is 12.7. The van der Waals surface area contributed by atoms with Gasteiger partial charge in [-0.25, -0.2) is 0 Å². The number of aryl methyl sites for hydroxylation is 1. The Morgan fingerprint density at radius 3 is 2.83 bits per heavy atom. The molecule has 2 aromatic rings. The number of thiophene rings is 1. The van der Waals surface area contributed by atoms with Gasteiger partial charge in [0.25, 0.3) is 5.91 Å². The summed E-state index contributed by atoms with van der Waals surface area (Å²) in [7, 11) is 0. The third-order valence-corrected chi connectivity index (χ3v) is 5.11. The zero-order valence-corrected chi connectivity index (χ0v) is 13.6. The van der Waals surface area contributed by atoms with Gasteiger partial charge in [-0.05, 0) is 12.8 Å². The van der Waals surface area contributed by atoms with Gasteiger partial charge in [-0.15, -0.1) is 11.3 Å². The van der Waals surface area contributed by atoms with Crippen LogP contribution in [0.15, 0.2) is 9.90 Å². The van der Waals surface area contributed by atoms with E-state index in [1.165, 1.54) is 11.3 Å². The van der Waals surface area contributed by atoms with Gasteiger partial charge in [0.1, 0.15) is 18.1 Å². The van der Waals surface area contributed by atoms with Crippen LogP contribution in [-0.4, -0.2) is 47.3 Å². The molecule has 1 fully saturated rings. The number of carbonyl (C=O) groups excluding carboxylic acids is 1. The third-order valence-electron chi connectivity index (χ3n) is 4.19. The van der Waals surface area contributed by atoms with Crippen molar-refractivity contribution in [1.29, 1.82) is 0 Å². The lowest BCUT2D eigenvalue weighted by Gasteiger charge is -2.30. The number of fused-ring (bicyclic) bond motifs is 1. The molecule has 23 heavy (non-hydrogen) atoms. The average molecular weight is 335 g/mol. The number of hydrogen-bond donors (Lipinski definition) is 0. The molecule has 0 atom stereocenters. The Balaban J connectivity index is 1.44. The smallest absolute Gasteiger partial charge is 0.267 e. The number of piperidine rings is 1. The highest BCUT2D eigenvalue weighted by Gasteiger charge is 2.31. The van der Waals surface area contributed by atoms with Gasteiger partial charge in [0.15, 0.2) is 17.3 Å². The molecule has 4 rings (SSSR count). The topological polar surface area (TPSA) is 77.7 Å². The second-order valence-corrected chi connectivity index (χ2v) is 6.57. The van der Waals surface area contributed by atoms with Crippen LogP contribution in [0.5, 0.6) is 11.5 Å². The average Bonchev–Trinajstić information content (AvgIpc) is 3.21. The van der Waals surface area contributed by atoms with Gasteiger partial charge in [0.05, 0.1) is 0 Å². The molecule has 0 N–H and O–H groups in total. The van der Waals surface area contributed by atoms with E-state index in [0.29, 0.717) is 48.6 Å². The lowest BCUT2D eigenvalue weighted by Crippen LogP contribution is -2.38. The molecule has 8 heteroatoms. The van der Waals surface area contributed by atoms with Crippen LogP contribution in [0, 0.1) is 6.92 Å². The van der Waals surface area contributed by atoms with Crippen LogP contribution in [0.4, 0.5) is 0 Å². The van der Waals surface area contributed by atoms with Gasteiger partial charge >= 0.3 is 0 Å². The minimum Gasteiger partial charge on any atom is -0.485 e. The van der Waals surface area contributed by atoms with Gasteiger partial charge in [0, 0.05) is 31.3 Å².